The van der Waals surface area contributed by atoms with Crippen LogP contribution in [0.25, 0.3) is 0 Å². The number of ether oxygens (including phenoxy) is 2. The van der Waals surface area contributed by atoms with Crippen LogP contribution in [0.15, 0.2) is 24.3 Å². The maximum atomic E-state index is 12.9. The number of amides is 2. The number of esters is 1. The Morgan fingerprint density at radius 1 is 1.13 bits per heavy atom. The highest BCUT2D eigenvalue weighted by atomic mass is 16.6. The van der Waals surface area contributed by atoms with Crippen LogP contribution in [-0.2, 0) is 29.5 Å². The van der Waals surface area contributed by atoms with E-state index in [1.165, 1.54) is 7.11 Å². The van der Waals surface area contributed by atoms with Gasteiger partial charge in [0.25, 0.3) is 5.91 Å². The average Bonchev–Trinajstić information content (AvgIpc) is 3.03. The Morgan fingerprint density at radius 3 is 2.40 bits per heavy atom. The van der Waals surface area contributed by atoms with Crippen LogP contribution in [0.2, 0.25) is 0 Å². The average molecular weight is 414 g/mol. The number of nitrogens with one attached hydrogen (secondary N) is 1. The lowest BCUT2D eigenvalue weighted by molar-refractivity contribution is 0.0221. The fourth-order valence-corrected chi connectivity index (χ4v) is 3.25. The minimum atomic E-state index is -0.594. The summed E-state index contributed by atoms with van der Waals surface area (Å²) in [4.78, 5) is 38.4. The molecule has 2 amide bonds. The summed E-state index contributed by atoms with van der Waals surface area (Å²) in [6.07, 6.45) is 0.167. The molecule has 0 aliphatic carbocycles. The molecule has 2 heterocycles. The molecule has 1 aliphatic heterocycles. The van der Waals surface area contributed by atoms with Crippen LogP contribution >= 0.6 is 0 Å². The van der Waals surface area contributed by atoms with Crippen LogP contribution in [0.4, 0.5) is 10.5 Å². The topological polar surface area (TPSA) is 103 Å². The summed E-state index contributed by atoms with van der Waals surface area (Å²) in [7, 11) is 3.09. The fraction of sp³-hybridized carbons (Fsp3) is 0.429. The van der Waals surface area contributed by atoms with E-state index in [2.05, 4.69) is 15.2 Å². The third-order valence-electron chi connectivity index (χ3n) is 4.67. The molecule has 0 saturated heterocycles. The van der Waals surface area contributed by atoms with E-state index in [9.17, 15) is 14.4 Å². The van der Waals surface area contributed by atoms with Crippen molar-refractivity contribution in [3.63, 3.8) is 0 Å². The Bertz CT molecular complexity index is 973. The molecule has 1 aliphatic rings. The second-order valence-electron chi connectivity index (χ2n) is 8.07. The van der Waals surface area contributed by atoms with E-state index in [0.717, 1.165) is 5.69 Å². The zero-order valence-corrected chi connectivity index (χ0v) is 17.8. The molecule has 9 nitrogen and oxygen atoms in total. The molecular weight excluding hydrogens is 388 g/mol. The Morgan fingerprint density at radius 2 is 1.80 bits per heavy atom. The van der Waals surface area contributed by atoms with Crippen molar-refractivity contribution in [2.45, 2.75) is 39.3 Å². The van der Waals surface area contributed by atoms with E-state index < -0.39 is 17.7 Å². The van der Waals surface area contributed by atoms with Crippen LogP contribution < -0.4 is 5.32 Å². The van der Waals surface area contributed by atoms with E-state index >= 15 is 0 Å². The van der Waals surface area contributed by atoms with Gasteiger partial charge in [-0.2, -0.15) is 5.10 Å². The van der Waals surface area contributed by atoms with E-state index in [0.29, 0.717) is 29.8 Å². The summed E-state index contributed by atoms with van der Waals surface area (Å²) in [5, 5.41) is 7.15. The van der Waals surface area contributed by atoms with Crippen LogP contribution in [0, 0.1) is 0 Å². The van der Waals surface area contributed by atoms with Crippen LogP contribution in [0.1, 0.15) is 52.9 Å². The SMILES string of the molecule is COC(=O)c1ccc(NC(=O)c2nn(C)c3c2CN(C(=O)OC(C)(C)C)CC3)cc1. The molecule has 0 atom stereocenters. The third kappa shape index (κ3) is 4.61. The van der Waals surface area contributed by atoms with Gasteiger partial charge in [-0.15, -0.1) is 0 Å². The zero-order valence-electron chi connectivity index (χ0n) is 17.8. The number of aryl methyl sites for hydroxylation is 1. The molecule has 30 heavy (non-hydrogen) atoms. The van der Waals surface area contributed by atoms with Crippen molar-refractivity contribution < 1.29 is 23.9 Å². The third-order valence-corrected chi connectivity index (χ3v) is 4.67. The monoisotopic (exact) mass is 414 g/mol. The van der Waals surface area contributed by atoms with Crippen molar-refractivity contribution in [1.82, 2.24) is 14.7 Å². The first-order valence-electron chi connectivity index (χ1n) is 9.61. The maximum Gasteiger partial charge on any atom is 0.410 e. The van der Waals surface area contributed by atoms with Crippen LogP contribution in [0.3, 0.4) is 0 Å². The van der Waals surface area contributed by atoms with Gasteiger partial charge in [0.1, 0.15) is 5.60 Å². The first-order chi connectivity index (χ1) is 14.1. The number of carbonyl (C=O) groups is 3. The fourth-order valence-electron chi connectivity index (χ4n) is 3.25. The molecule has 0 unspecified atom stereocenters. The molecule has 0 spiro atoms. The number of nitrogens with zero attached hydrogens (tertiary/aromatic N) is 3. The molecule has 1 N–H and O–H groups in total. The van der Waals surface area contributed by atoms with Crippen LogP contribution in [-0.4, -0.2) is 51.9 Å². The lowest BCUT2D eigenvalue weighted by atomic mass is 10.0. The molecular formula is C21H26N4O5. The quantitative estimate of drug-likeness (QED) is 0.775. The van der Waals surface area contributed by atoms with Gasteiger partial charge >= 0.3 is 12.1 Å². The smallest absolute Gasteiger partial charge is 0.410 e. The standard InChI is InChI=1S/C21H26N4O5/c1-21(2,3)30-20(28)25-11-10-16-15(12-25)17(23-24(16)4)18(26)22-14-8-6-13(7-9-14)19(27)29-5/h6-9H,10-12H2,1-5H3,(H,22,26). The number of rotatable bonds is 3. The number of aromatic nitrogens is 2. The first kappa shape index (κ1) is 21.4. The highest BCUT2D eigenvalue weighted by molar-refractivity contribution is 6.04. The predicted molar refractivity (Wildman–Crippen MR) is 109 cm³/mol. The largest absolute Gasteiger partial charge is 0.465 e. The summed E-state index contributed by atoms with van der Waals surface area (Å²) < 4.78 is 11.8. The van der Waals surface area contributed by atoms with Gasteiger partial charge < -0.3 is 19.7 Å². The Balaban J connectivity index is 1.77. The predicted octanol–water partition coefficient (Wildman–Crippen LogP) is 2.75. The Hall–Kier alpha value is -3.36. The van der Waals surface area contributed by atoms with Gasteiger partial charge in [-0.1, -0.05) is 0 Å². The number of methoxy groups -OCH3 is 1. The Kier molecular flexibility index (Phi) is 5.82. The lowest BCUT2D eigenvalue weighted by Crippen LogP contribution is -2.40. The minimum Gasteiger partial charge on any atom is -0.465 e. The van der Waals surface area contributed by atoms with E-state index in [-0.39, 0.29) is 18.1 Å². The normalized spacial score (nSPS) is 13.4. The molecule has 1 aromatic heterocycles. The number of hydrogen-bond acceptors (Lipinski definition) is 6. The molecule has 1 aromatic carbocycles. The van der Waals surface area contributed by atoms with Gasteiger partial charge in [-0.05, 0) is 45.0 Å². The summed E-state index contributed by atoms with van der Waals surface area (Å²) in [5.74, 6) is -0.836. The second kappa shape index (κ2) is 8.17. The van der Waals surface area contributed by atoms with Crippen LogP contribution in [0.5, 0.6) is 0 Å². The molecule has 160 valence electrons. The van der Waals surface area contributed by atoms with Crippen molar-refractivity contribution in [3.8, 4) is 0 Å². The van der Waals surface area contributed by atoms with Gasteiger partial charge in [-0.25, -0.2) is 9.59 Å². The molecule has 0 saturated carbocycles. The second-order valence-corrected chi connectivity index (χ2v) is 8.07. The number of hydrogen-bond donors (Lipinski definition) is 1. The Labute approximate surface area is 174 Å². The summed E-state index contributed by atoms with van der Waals surface area (Å²) in [5.41, 5.74) is 2.20. The molecule has 9 heteroatoms. The molecule has 0 radical (unpaired) electrons. The van der Waals surface area contributed by atoms with E-state index in [4.69, 9.17) is 4.74 Å². The number of carbonyl (C=O) groups excluding carboxylic acids is 3. The summed E-state index contributed by atoms with van der Waals surface area (Å²) >= 11 is 0. The van der Waals surface area contributed by atoms with E-state index in [1.54, 1.807) is 40.9 Å². The van der Waals surface area contributed by atoms with Crippen molar-refractivity contribution in [3.05, 3.63) is 46.8 Å². The minimum absolute atomic E-state index is 0.252. The first-order valence-corrected chi connectivity index (χ1v) is 9.61. The van der Waals surface area contributed by atoms with E-state index in [1.807, 2.05) is 20.8 Å². The van der Waals surface area contributed by atoms with Crippen molar-refractivity contribution in [2.75, 3.05) is 19.0 Å². The highest BCUT2D eigenvalue weighted by Gasteiger charge is 2.31. The highest BCUT2D eigenvalue weighted by Crippen LogP contribution is 2.24. The van der Waals surface area contributed by atoms with Crippen molar-refractivity contribution >= 4 is 23.7 Å². The maximum absolute atomic E-state index is 12.9. The summed E-state index contributed by atoms with van der Waals surface area (Å²) in [6.45, 7) is 6.19. The van der Waals surface area contributed by atoms with Gasteiger partial charge in [0.15, 0.2) is 5.69 Å². The molecule has 0 bridgehead atoms. The molecule has 0 fully saturated rings. The van der Waals surface area contributed by atoms with Gasteiger partial charge in [0.2, 0.25) is 0 Å². The lowest BCUT2D eigenvalue weighted by Gasteiger charge is -2.30. The number of anilines is 1. The van der Waals surface area contributed by atoms with Gasteiger partial charge in [-0.3, -0.25) is 9.48 Å². The van der Waals surface area contributed by atoms with Crippen molar-refractivity contribution in [1.29, 1.82) is 0 Å². The zero-order chi connectivity index (χ0) is 22.1. The number of benzene rings is 1. The summed E-state index contributed by atoms with van der Waals surface area (Å²) in [6, 6.07) is 6.37. The molecule has 2 aromatic rings. The molecule has 3 rings (SSSR count). The van der Waals surface area contributed by atoms with Gasteiger partial charge in [0, 0.05) is 37.0 Å². The van der Waals surface area contributed by atoms with Crippen molar-refractivity contribution in [2.24, 2.45) is 7.05 Å². The number of fused-ring (bicyclic) bond motifs is 1. The van der Waals surface area contributed by atoms with Gasteiger partial charge in [0.05, 0.1) is 19.2 Å².